The van der Waals surface area contributed by atoms with Crippen molar-refractivity contribution in [2.45, 2.75) is 43.7 Å². The zero-order valence-electron chi connectivity index (χ0n) is 21.0. The number of alkyl halides is 3. The molecule has 0 aliphatic heterocycles. The van der Waals surface area contributed by atoms with Gasteiger partial charge in [0.15, 0.2) is 16.5 Å². The van der Waals surface area contributed by atoms with E-state index in [-0.39, 0.29) is 37.5 Å². The lowest BCUT2D eigenvalue weighted by Crippen LogP contribution is -2.42. The van der Waals surface area contributed by atoms with Gasteiger partial charge in [-0.25, -0.2) is 14.8 Å². The summed E-state index contributed by atoms with van der Waals surface area (Å²) in [6, 6.07) is 7.49. The van der Waals surface area contributed by atoms with Gasteiger partial charge in [-0.05, 0) is 31.0 Å². The summed E-state index contributed by atoms with van der Waals surface area (Å²) < 4.78 is 50.9. The lowest BCUT2D eigenvalue weighted by Gasteiger charge is -2.35. The highest BCUT2D eigenvalue weighted by molar-refractivity contribution is 7.22. The number of nitrogen functional groups attached to an aromatic ring is 1. The van der Waals surface area contributed by atoms with E-state index < -0.39 is 17.9 Å². The maximum atomic E-state index is 12.6. The number of nitrogens with two attached hydrogens (primary N) is 1. The van der Waals surface area contributed by atoms with Crippen LogP contribution in [0.15, 0.2) is 47.3 Å². The number of carbonyl (C=O) groups excluding carboxylic acids is 1. The SMILES string of the molecule is CNc1nc2cccc(-c3cc4c(-c5cnn(C6CCC(O)(OC(=O)C(F)(F)F)CC6)c5)cnc(N)c4o3)c2s1. The molecule has 1 aliphatic carbocycles. The fourth-order valence-corrected chi connectivity index (χ4v) is 5.92. The van der Waals surface area contributed by atoms with Gasteiger partial charge in [0.1, 0.15) is 5.76 Å². The number of nitrogens with zero attached hydrogens (tertiary/aromatic N) is 4. The molecule has 0 amide bonds. The first-order valence-corrected chi connectivity index (χ1v) is 13.2. The number of aromatic nitrogens is 4. The summed E-state index contributed by atoms with van der Waals surface area (Å²) >= 11 is 1.51. The van der Waals surface area contributed by atoms with Crippen molar-refractivity contribution in [1.82, 2.24) is 19.7 Å². The summed E-state index contributed by atoms with van der Waals surface area (Å²) in [6.45, 7) is 0. The van der Waals surface area contributed by atoms with Gasteiger partial charge in [-0.1, -0.05) is 17.4 Å². The molecule has 4 aromatic heterocycles. The smallest absolute Gasteiger partial charge is 0.452 e. The van der Waals surface area contributed by atoms with E-state index in [9.17, 15) is 23.1 Å². The molecule has 0 unspecified atom stereocenters. The van der Waals surface area contributed by atoms with E-state index in [0.717, 1.165) is 37.4 Å². The molecule has 208 valence electrons. The number of hydrogen-bond acceptors (Lipinski definition) is 10. The van der Waals surface area contributed by atoms with E-state index in [0.29, 0.717) is 11.3 Å². The number of hydrogen-bond donors (Lipinski definition) is 3. The minimum absolute atomic E-state index is 0.147. The molecule has 4 heterocycles. The summed E-state index contributed by atoms with van der Waals surface area (Å²) in [5.74, 6) is -3.71. The molecule has 1 fully saturated rings. The van der Waals surface area contributed by atoms with E-state index >= 15 is 0 Å². The highest BCUT2D eigenvalue weighted by atomic mass is 32.1. The number of carbonyl (C=O) groups is 1. The Balaban J connectivity index is 1.28. The average molecular weight is 573 g/mol. The average Bonchev–Trinajstić information content (AvgIpc) is 3.67. The van der Waals surface area contributed by atoms with Crippen LogP contribution >= 0.6 is 11.3 Å². The fourth-order valence-electron chi connectivity index (χ4n) is 4.98. The van der Waals surface area contributed by atoms with Gasteiger partial charge in [-0.3, -0.25) is 4.68 Å². The predicted octanol–water partition coefficient (Wildman–Crippen LogP) is 5.50. The summed E-state index contributed by atoms with van der Waals surface area (Å²) in [7, 11) is 1.81. The van der Waals surface area contributed by atoms with Crippen molar-refractivity contribution < 1.29 is 32.2 Å². The third kappa shape index (κ3) is 4.62. The molecule has 4 N–H and O–H groups in total. The molecule has 1 aromatic carbocycles. The normalized spacial score (nSPS) is 19.8. The van der Waals surface area contributed by atoms with E-state index in [2.05, 4.69) is 25.1 Å². The first kappa shape index (κ1) is 26.1. The van der Waals surface area contributed by atoms with Gasteiger partial charge in [0.25, 0.3) is 0 Å². The quantitative estimate of drug-likeness (QED) is 0.184. The molecule has 1 saturated carbocycles. The molecule has 0 atom stereocenters. The Morgan fingerprint density at radius 3 is 2.77 bits per heavy atom. The number of anilines is 2. The van der Waals surface area contributed by atoms with Gasteiger partial charge >= 0.3 is 12.1 Å². The summed E-state index contributed by atoms with van der Waals surface area (Å²) in [6.07, 6.45) is 0.172. The monoisotopic (exact) mass is 572 g/mol. The molecule has 1 aliphatic rings. The van der Waals surface area contributed by atoms with Crippen LogP contribution in [0.25, 0.3) is 43.6 Å². The molecule has 0 bridgehead atoms. The van der Waals surface area contributed by atoms with Crippen LogP contribution in [0.4, 0.5) is 24.1 Å². The van der Waals surface area contributed by atoms with Gasteiger partial charge in [0, 0.05) is 54.4 Å². The highest BCUT2D eigenvalue weighted by Crippen LogP contribution is 2.42. The number of fused-ring (bicyclic) bond motifs is 2. The Kier molecular flexibility index (Phi) is 6.18. The molecule has 0 radical (unpaired) electrons. The zero-order chi connectivity index (χ0) is 28.2. The third-order valence-corrected chi connectivity index (χ3v) is 8.14. The first-order chi connectivity index (χ1) is 19.0. The van der Waals surface area contributed by atoms with Crippen molar-refractivity contribution in [2.75, 3.05) is 18.1 Å². The molecule has 6 rings (SSSR count). The second kappa shape index (κ2) is 9.48. The zero-order valence-corrected chi connectivity index (χ0v) is 21.8. The van der Waals surface area contributed by atoms with Crippen LogP contribution < -0.4 is 11.1 Å². The second-order valence-electron chi connectivity index (χ2n) is 9.61. The van der Waals surface area contributed by atoms with Gasteiger partial charge in [0.2, 0.25) is 5.79 Å². The van der Waals surface area contributed by atoms with Crippen LogP contribution in [0.3, 0.4) is 0 Å². The van der Waals surface area contributed by atoms with Gasteiger partial charge in [-0.2, -0.15) is 18.3 Å². The van der Waals surface area contributed by atoms with Gasteiger partial charge in [0.05, 0.1) is 22.5 Å². The first-order valence-electron chi connectivity index (χ1n) is 12.4. The van der Waals surface area contributed by atoms with Gasteiger partial charge in [-0.15, -0.1) is 0 Å². The van der Waals surface area contributed by atoms with Crippen LogP contribution in [0.5, 0.6) is 0 Å². The Morgan fingerprint density at radius 1 is 1.27 bits per heavy atom. The maximum Gasteiger partial charge on any atom is 0.491 e. The maximum absolute atomic E-state index is 12.6. The van der Waals surface area contributed by atoms with E-state index in [4.69, 9.17) is 10.2 Å². The number of ether oxygens (including phenoxy) is 1. The molecule has 10 nitrogen and oxygen atoms in total. The topological polar surface area (TPSA) is 141 Å². The number of halogens is 3. The van der Waals surface area contributed by atoms with E-state index in [1.807, 2.05) is 31.3 Å². The van der Waals surface area contributed by atoms with Crippen LogP contribution in [-0.4, -0.2) is 49.8 Å². The molecular weight excluding hydrogens is 549 g/mol. The molecular formula is C26H23F3N6O4S. The largest absolute Gasteiger partial charge is 0.491 e. The van der Waals surface area contributed by atoms with Crippen molar-refractivity contribution in [3.05, 3.63) is 42.9 Å². The number of benzene rings is 1. The van der Waals surface area contributed by atoms with Crippen molar-refractivity contribution in [3.8, 4) is 22.5 Å². The molecule has 0 spiro atoms. The van der Waals surface area contributed by atoms with E-state index in [1.54, 1.807) is 23.3 Å². The summed E-state index contributed by atoms with van der Waals surface area (Å²) in [4.78, 5) is 20.1. The Labute approximate surface area is 228 Å². The van der Waals surface area contributed by atoms with E-state index in [1.165, 1.54) is 11.3 Å². The van der Waals surface area contributed by atoms with Crippen molar-refractivity contribution in [3.63, 3.8) is 0 Å². The Bertz CT molecular complexity index is 1740. The van der Waals surface area contributed by atoms with Crippen molar-refractivity contribution >= 4 is 49.4 Å². The lowest BCUT2D eigenvalue weighted by molar-refractivity contribution is -0.256. The standard InChI is InChI=1S/C26H23F3N6O4S/c1-31-24-34-18-4-2-3-15(21(18)40-24)19-9-16-17(11-32-22(30)20(16)38-19)13-10-33-35(12-13)14-5-7-25(37,8-6-14)39-23(36)26(27,28)29/h2-4,9-12,14,37H,5-8H2,1H3,(H2,30,32)(H,31,34). The Morgan fingerprint density at radius 2 is 2.05 bits per heavy atom. The second-order valence-corrected chi connectivity index (χ2v) is 10.6. The number of aliphatic hydroxyl groups is 1. The molecule has 5 aromatic rings. The van der Waals surface area contributed by atoms with Crippen LogP contribution in [0.1, 0.15) is 31.7 Å². The fraction of sp³-hybridized carbons (Fsp3) is 0.308. The number of pyridine rings is 1. The van der Waals surface area contributed by atoms with Crippen molar-refractivity contribution in [2.24, 2.45) is 0 Å². The highest BCUT2D eigenvalue weighted by Gasteiger charge is 2.47. The molecule has 0 saturated heterocycles. The molecule has 40 heavy (non-hydrogen) atoms. The molecule has 14 heteroatoms. The number of nitrogens with one attached hydrogen (secondary N) is 1. The lowest BCUT2D eigenvalue weighted by atomic mass is 9.90. The third-order valence-electron chi connectivity index (χ3n) is 7.02. The van der Waals surface area contributed by atoms with Crippen LogP contribution in [-0.2, 0) is 9.53 Å². The summed E-state index contributed by atoms with van der Waals surface area (Å²) in [5, 5.41) is 19.4. The number of thiazole rings is 1. The number of esters is 1. The predicted molar refractivity (Wildman–Crippen MR) is 142 cm³/mol. The minimum Gasteiger partial charge on any atom is -0.452 e. The minimum atomic E-state index is -5.17. The van der Waals surface area contributed by atoms with Crippen LogP contribution in [0.2, 0.25) is 0 Å². The summed E-state index contributed by atoms with van der Waals surface area (Å²) in [5.41, 5.74) is 9.79. The number of furan rings is 1. The van der Waals surface area contributed by atoms with Crippen LogP contribution in [0, 0.1) is 0 Å². The van der Waals surface area contributed by atoms with Gasteiger partial charge < -0.3 is 25.3 Å². The number of rotatable bonds is 5. The van der Waals surface area contributed by atoms with Crippen molar-refractivity contribution in [1.29, 1.82) is 0 Å². The Hall–Kier alpha value is -4.17.